The molecule has 0 aliphatic carbocycles. The second kappa shape index (κ2) is 7.47. The number of hydrogen-bond acceptors (Lipinski definition) is 4. The van der Waals surface area contributed by atoms with Crippen LogP contribution in [0.25, 0.3) is 0 Å². The average Bonchev–Trinajstić information content (AvgIpc) is 3.10. The lowest BCUT2D eigenvalue weighted by Crippen LogP contribution is -2.23. The van der Waals surface area contributed by atoms with Gasteiger partial charge in [-0.3, -0.25) is 4.72 Å². The molecule has 1 aliphatic heterocycles. The number of rotatable bonds is 6. The third kappa shape index (κ3) is 4.05. The molecule has 1 saturated heterocycles. The van der Waals surface area contributed by atoms with Gasteiger partial charge in [0.05, 0.1) is 11.3 Å². The lowest BCUT2D eigenvalue weighted by atomic mass is 10.0. The highest BCUT2D eigenvalue weighted by Crippen LogP contribution is 2.24. The molecule has 26 heavy (non-hydrogen) atoms. The Balaban J connectivity index is 1.83. The predicted octanol–water partition coefficient (Wildman–Crippen LogP) is 2.79. The van der Waals surface area contributed by atoms with Crippen LogP contribution in [0.3, 0.4) is 0 Å². The van der Waals surface area contributed by atoms with Gasteiger partial charge in [0.15, 0.2) is 0 Å². The number of aromatic carboxylic acids is 1. The summed E-state index contributed by atoms with van der Waals surface area (Å²) in [6, 6.07) is 11.7. The van der Waals surface area contributed by atoms with E-state index >= 15 is 0 Å². The Bertz CT molecular complexity index is 919. The maximum absolute atomic E-state index is 12.7. The number of benzene rings is 2. The van der Waals surface area contributed by atoms with Crippen molar-refractivity contribution in [2.45, 2.75) is 37.1 Å². The van der Waals surface area contributed by atoms with E-state index < -0.39 is 16.0 Å². The summed E-state index contributed by atoms with van der Waals surface area (Å²) in [5.41, 5.74) is 2.16. The number of hydrogen-bond donors (Lipinski definition) is 3. The van der Waals surface area contributed by atoms with Crippen LogP contribution < -0.4 is 10.0 Å². The maximum atomic E-state index is 12.7. The molecule has 0 bridgehead atoms. The Morgan fingerprint density at radius 3 is 2.69 bits per heavy atom. The van der Waals surface area contributed by atoms with Crippen LogP contribution in [0.1, 0.15) is 34.3 Å². The molecule has 0 unspecified atom stereocenters. The topological polar surface area (TPSA) is 95.5 Å². The monoisotopic (exact) mass is 374 g/mol. The average molecular weight is 374 g/mol. The van der Waals surface area contributed by atoms with E-state index in [9.17, 15) is 18.3 Å². The summed E-state index contributed by atoms with van der Waals surface area (Å²) in [6.07, 6.45) is 3.25. The molecule has 0 aromatic heterocycles. The molecule has 7 heteroatoms. The van der Waals surface area contributed by atoms with Crippen molar-refractivity contribution in [1.29, 1.82) is 0 Å². The van der Waals surface area contributed by atoms with Crippen molar-refractivity contribution < 1.29 is 18.3 Å². The Kier molecular flexibility index (Phi) is 5.29. The summed E-state index contributed by atoms with van der Waals surface area (Å²) < 4.78 is 27.8. The first kappa shape index (κ1) is 18.4. The Labute approximate surface area is 153 Å². The van der Waals surface area contributed by atoms with Gasteiger partial charge in [0, 0.05) is 6.04 Å². The van der Waals surface area contributed by atoms with Gasteiger partial charge in [0.2, 0.25) is 0 Å². The molecule has 0 radical (unpaired) electrons. The fraction of sp³-hybridized carbons (Fsp3) is 0.316. The third-order valence-electron chi connectivity index (χ3n) is 4.59. The largest absolute Gasteiger partial charge is 0.478 e. The minimum Gasteiger partial charge on any atom is -0.478 e. The van der Waals surface area contributed by atoms with Gasteiger partial charge < -0.3 is 10.4 Å². The van der Waals surface area contributed by atoms with Crippen molar-refractivity contribution in [1.82, 2.24) is 5.32 Å². The zero-order chi connectivity index (χ0) is 18.7. The standard InChI is InChI=1S/C19H22N2O4S/c1-13-11-14(12-15-5-4-10-20-15)8-9-17(13)21-26(24,25)18-7-3-2-6-16(18)19(22)23/h2-3,6-9,11,15,20-21H,4-5,10,12H2,1H3,(H,22,23)/t15-/m0/s1. The van der Waals surface area contributed by atoms with Crippen LogP contribution in [-0.4, -0.2) is 32.1 Å². The van der Waals surface area contributed by atoms with Crippen LogP contribution in [0.2, 0.25) is 0 Å². The van der Waals surface area contributed by atoms with Crippen LogP contribution in [0, 0.1) is 6.92 Å². The van der Waals surface area contributed by atoms with E-state index in [1.807, 2.05) is 19.1 Å². The van der Waals surface area contributed by atoms with Crippen molar-refractivity contribution in [3.63, 3.8) is 0 Å². The minimum absolute atomic E-state index is 0.244. The summed E-state index contributed by atoms with van der Waals surface area (Å²) in [7, 11) is -3.99. The smallest absolute Gasteiger partial charge is 0.337 e. The van der Waals surface area contributed by atoms with Crippen molar-refractivity contribution in [2.75, 3.05) is 11.3 Å². The molecule has 0 amide bonds. The van der Waals surface area contributed by atoms with Gasteiger partial charge in [-0.2, -0.15) is 0 Å². The Morgan fingerprint density at radius 1 is 1.27 bits per heavy atom. The van der Waals surface area contributed by atoms with Gasteiger partial charge in [-0.1, -0.05) is 24.3 Å². The molecule has 0 saturated carbocycles. The highest BCUT2D eigenvalue weighted by atomic mass is 32.2. The molecular formula is C19H22N2O4S. The van der Waals surface area contributed by atoms with Gasteiger partial charge in [0.1, 0.15) is 4.90 Å². The van der Waals surface area contributed by atoms with Crippen molar-refractivity contribution >= 4 is 21.7 Å². The van der Waals surface area contributed by atoms with Crippen LogP contribution in [0.15, 0.2) is 47.4 Å². The highest BCUT2D eigenvalue weighted by Gasteiger charge is 2.22. The van der Waals surface area contributed by atoms with Crippen molar-refractivity contribution in [3.8, 4) is 0 Å². The van der Waals surface area contributed by atoms with Gasteiger partial charge >= 0.3 is 5.97 Å². The molecule has 3 N–H and O–H groups in total. The van der Waals surface area contributed by atoms with Gasteiger partial charge in [-0.25, -0.2) is 13.2 Å². The van der Waals surface area contributed by atoms with Crippen LogP contribution in [0.4, 0.5) is 5.69 Å². The lowest BCUT2D eigenvalue weighted by molar-refractivity contribution is 0.0692. The van der Waals surface area contributed by atoms with Crippen LogP contribution in [-0.2, 0) is 16.4 Å². The Hall–Kier alpha value is -2.38. The first-order chi connectivity index (χ1) is 12.4. The molecule has 2 aromatic rings. The Morgan fingerprint density at radius 2 is 2.04 bits per heavy atom. The molecule has 2 aromatic carbocycles. The summed E-state index contributed by atoms with van der Waals surface area (Å²) in [4.78, 5) is 11.1. The predicted molar refractivity (Wildman–Crippen MR) is 100 cm³/mol. The molecular weight excluding hydrogens is 352 g/mol. The quantitative estimate of drug-likeness (QED) is 0.723. The molecule has 6 nitrogen and oxygen atoms in total. The van der Waals surface area contributed by atoms with Crippen molar-refractivity contribution in [2.24, 2.45) is 0 Å². The van der Waals surface area contributed by atoms with Gasteiger partial charge in [-0.05, 0) is 62.1 Å². The van der Waals surface area contributed by atoms with Crippen LogP contribution >= 0.6 is 0 Å². The first-order valence-corrected chi connectivity index (χ1v) is 10.0. The third-order valence-corrected chi connectivity index (χ3v) is 6.01. The van der Waals surface area contributed by atoms with E-state index in [1.54, 1.807) is 6.07 Å². The normalized spacial score (nSPS) is 17.2. The summed E-state index contributed by atoms with van der Waals surface area (Å²) >= 11 is 0. The van der Waals surface area contributed by atoms with E-state index in [2.05, 4.69) is 10.0 Å². The second-order valence-electron chi connectivity index (χ2n) is 6.55. The first-order valence-electron chi connectivity index (χ1n) is 8.55. The zero-order valence-corrected chi connectivity index (χ0v) is 15.3. The highest BCUT2D eigenvalue weighted by molar-refractivity contribution is 7.92. The molecule has 1 heterocycles. The van der Waals surface area contributed by atoms with E-state index in [-0.39, 0.29) is 10.5 Å². The zero-order valence-electron chi connectivity index (χ0n) is 14.5. The summed E-state index contributed by atoms with van der Waals surface area (Å²) in [5, 5.41) is 12.7. The number of nitrogens with one attached hydrogen (secondary N) is 2. The lowest BCUT2D eigenvalue weighted by Gasteiger charge is -2.15. The molecule has 1 aliphatic rings. The summed E-state index contributed by atoms with van der Waals surface area (Å²) in [6.45, 7) is 2.89. The fourth-order valence-electron chi connectivity index (χ4n) is 3.26. The fourth-order valence-corrected chi connectivity index (χ4v) is 4.59. The number of sulfonamides is 1. The SMILES string of the molecule is Cc1cc(C[C@@H]2CCCN2)ccc1NS(=O)(=O)c1ccccc1C(=O)O. The van der Waals surface area contributed by atoms with E-state index in [0.717, 1.165) is 30.5 Å². The van der Waals surface area contributed by atoms with E-state index in [1.165, 1.54) is 30.7 Å². The number of anilines is 1. The molecule has 138 valence electrons. The van der Waals surface area contributed by atoms with Crippen LogP contribution in [0.5, 0.6) is 0 Å². The van der Waals surface area contributed by atoms with Gasteiger partial charge in [-0.15, -0.1) is 0 Å². The van der Waals surface area contributed by atoms with Crippen molar-refractivity contribution in [3.05, 3.63) is 59.2 Å². The maximum Gasteiger partial charge on any atom is 0.337 e. The number of carbonyl (C=O) groups is 1. The number of carboxylic acid groups (broad SMARTS) is 1. The van der Waals surface area contributed by atoms with E-state index in [4.69, 9.17) is 0 Å². The van der Waals surface area contributed by atoms with Gasteiger partial charge in [0.25, 0.3) is 10.0 Å². The molecule has 0 spiro atoms. The number of aryl methyl sites for hydroxylation is 1. The number of carboxylic acids is 1. The molecule has 3 rings (SSSR count). The molecule has 1 fully saturated rings. The van der Waals surface area contributed by atoms with E-state index in [0.29, 0.717) is 11.7 Å². The summed E-state index contributed by atoms with van der Waals surface area (Å²) in [5.74, 6) is -1.28. The molecule has 1 atom stereocenters. The second-order valence-corrected chi connectivity index (χ2v) is 8.20. The minimum atomic E-state index is -3.99.